The third kappa shape index (κ3) is 3.93. The molecule has 5 heteroatoms. The number of amides is 1. The van der Waals surface area contributed by atoms with Crippen LogP contribution >= 0.6 is 0 Å². The summed E-state index contributed by atoms with van der Waals surface area (Å²) in [5.74, 6) is 2.27. The molecule has 1 saturated heterocycles. The molecule has 3 unspecified atom stereocenters. The molecule has 162 valence electrons. The van der Waals surface area contributed by atoms with Crippen LogP contribution in [-0.2, 0) is 4.79 Å². The van der Waals surface area contributed by atoms with E-state index in [1.165, 1.54) is 22.4 Å². The number of nitrogens with one attached hydrogen (secondary N) is 1. The number of guanidine groups is 1. The summed E-state index contributed by atoms with van der Waals surface area (Å²) in [7, 11) is 1.88. The van der Waals surface area contributed by atoms with Crippen LogP contribution in [0.3, 0.4) is 0 Å². The molecular weight excluding hydrogens is 384 g/mol. The van der Waals surface area contributed by atoms with Gasteiger partial charge in [-0.1, -0.05) is 42.5 Å². The minimum atomic E-state index is 0.316. The summed E-state index contributed by atoms with van der Waals surface area (Å²) in [4.78, 5) is 21.1. The zero-order chi connectivity index (χ0) is 21.4. The number of carbonyl (C=O) groups excluding carboxylic acids is 1. The minimum absolute atomic E-state index is 0.316. The highest BCUT2D eigenvalue weighted by molar-refractivity contribution is 5.98. The number of benzene rings is 2. The van der Waals surface area contributed by atoms with E-state index in [-0.39, 0.29) is 0 Å². The van der Waals surface area contributed by atoms with E-state index >= 15 is 0 Å². The number of hydrogen-bond acceptors (Lipinski definition) is 2. The Labute approximate surface area is 185 Å². The van der Waals surface area contributed by atoms with Crippen molar-refractivity contribution in [1.29, 1.82) is 0 Å². The summed E-state index contributed by atoms with van der Waals surface area (Å²) in [5, 5.41) is 3.74. The number of likely N-dealkylation sites (tertiary alicyclic amines) is 1. The van der Waals surface area contributed by atoms with Gasteiger partial charge >= 0.3 is 0 Å². The highest BCUT2D eigenvalue weighted by Gasteiger charge is 2.41. The Kier molecular flexibility index (Phi) is 5.43. The molecule has 1 amide bonds. The van der Waals surface area contributed by atoms with E-state index < -0.39 is 0 Å². The van der Waals surface area contributed by atoms with Gasteiger partial charge in [0.15, 0.2) is 5.96 Å². The summed E-state index contributed by atoms with van der Waals surface area (Å²) in [6, 6.07) is 17.8. The lowest BCUT2D eigenvalue weighted by Gasteiger charge is -2.23. The molecule has 2 aliphatic heterocycles. The van der Waals surface area contributed by atoms with Gasteiger partial charge in [-0.3, -0.25) is 9.79 Å². The second kappa shape index (κ2) is 8.37. The van der Waals surface area contributed by atoms with Gasteiger partial charge in [-0.05, 0) is 48.9 Å². The average Bonchev–Trinajstić information content (AvgIpc) is 3.27. The largest absolute Gasteiger partial charge is 0.353 e. The molecule has 0 spiro atoms. The van der Waals surface area contributed by atoms with Crippen molar-refractivity contribution in [3.05, 3.63) is 65.2 Å². The molecule has 0 radical (unpaired) electrons. The van der Waals surface area contributed by atoms with Gasteiger partial charge in [0.05, 0.1) is 0 Å². The summed E-state index contributed by atoms with van der Waals surface area (Å²) >= 11 is 0. The summed E-state index contributed by atoms with van der Waals surface area (Å²) in [6.07, 6.45) is 3.88. The van der Waals surface area contributed by atoms with Crippen LogP contribution in [0.2, 0.25) is 0 Å². The number of fused-ring (bicyclic) bond motifs is 1. The van der Waals surface area contributed by atoms with Crippen LogP contribution in [0.25, 0.3) is 0 Å². The predicted octanol–water partition coefficient (Wildman–Crippen LogP) is 4.04. The van der Waals surface area contributed by atoms with Crippen LogP contribution in [0, 0.1) is 6.92 Å². The van der Waals surface area contributed by atoms with Crippen LogP contribution in [0.1, 0.15) is 54.2 Å². The van der Waals surface area contributed by atoms with Crippen molar-refractivity contribution < 1.29 is 4.79 Å². The molecule has 0 aromatic heterocycles. The Morgan fingerprint density at radius 1 is 1.13 bits per heavy atom. The fourth-order valence-corrected chi connectivity index (χ4v) is 5.33. The van der Waals surface area contributed by atoms with Crippen molar-refractivity contribution in [2.24, 2.45) is 4.99 Å². The molecule has 3 atom stereocenters. The first kappa shape index (κ1) is 20.1. The molecule has 1 aliphatic carbocycles. The maximum absolute atomic E-state index is 12.0. The molecule has 2 fully saturated rings. The number of hydrogen-bond donors (Lipinski definition) is 1. The van der Waals surface area contributed by atoms with E-state index in [0.29, 0.717) is 30.2 Å². The number of rotatable bonds is 5. The molecule has 2 heterocycles. The number of carbonyl (C=O) groups is 1. The second-order valence-corrected chi connectivity index (χ2v) is 9.14. The Morgan fingerprint density at radius 3 is 2.65 bits per heavy atom. The Hall–Kier alpha value is -2.82. The van der Waals surface area contributed by atoms with E-state index in [9.17, 15) is 4.79 Å². The average molecular weight is 417 g/mol. The van der Waals surface area contributed by atoms with Crippen LogP contribution in [0.4, 0.5) is 5.69 Å². The molecule has 5 rings (SSSR count). The van der Waals surface area contributed by atoms with Gasteiger partial charge in [-0.2, -0.15) is 0 Å². The number of aryl methyl sites for hydroxylation is 1. The molecule has 1 N–H and O–H groups in total. The van der Waals surface area contributed by atoms with Crippen molar-refractivity contribution in [2.75, 3.05) is 31.6 Å². The minimum Gasteiger partial charge on any atom is -0.353 e. The van der Waals surface area contributed by atoms with E-state index in [0.717, 1.165) is 44.9 Å². The van der Waals surface area contributed by atoms with Crippen LogP contribution in [0.15, 0.2) is 53.5 Å². The van der Waals surface area contributed by atoms with Gasteiger partial charge in [0.1, 0.15) is 0 Å². The third-order valence-electron chi connectivity index (χ3n) is 7.15. The molecular formula is C26H32N4O. The lowest BCUT2D eigenvalue weighted by Crippen LogP contribution is -2.42. The van der Waals surface area contributed by atoms with Gasteiger partial charge in [0.2, 0.25) is 5.91 Å². The number of para-hydroxylation sites is 1. The fraction of sp³-hybridized carbons (Fsp3) is 0.462. The van der Waals surface area contributed by atoms with Crippen molar-refractivity contribution in [3.8, 4) is 0 Å². The number of anilines is 1. The third-order valence-corrected chi connectivity index (χ3v) is 7.15. The Morgan fingerprint density at radius 2 is 1.90 bits per heavy atom. The Balaban J connectivity index is 1.28. The van der Waals surface area contributed by atoms with Gasteiger partial charge in [-0.15, -0.1) is 0 Å². The maximum Gasteiger partial charge on any atom is 0.222 e. The zero-order valence-electron chi connectivity index (χ0n) is 18.6. The standard InChI is InChI=1S/C26H32N4O/c1-18-8-3-4-9-20(18)22-16-23(22)28-26(27-2)30-17-19(21-10-5-6-11-24(21)30)13-15-29-14-7-12-25(29)31/h3-6,8-11,19,22-23H,7,12-17H2,1-2H3,(H,27,28). The Bertz CT molecular complexity index is 1000. The van der Waals surface area contributed by atoms with Crippen molar-refractivity contribution in [3.63, 3.8) is 0 Å². The normalized spacial score (nSPS) is 25.2. The lowest BCUT2D eigenvalue weighted by atomic mass is 9.98. The van der Waals surface area contributed by atoms with Gasteiger partial charge in [0, 0.05) is 56.7 Å². The lowest BCUT2D eigenvalue weighted by molar-refractivity contribution is -0.127. The zero-order valence-corrected chi connectivity index (χ0v) is 18.6. The second-order valence-electron chi connectivity index (χ2n) is 9.14. The fourth-order valence-electron chi connectivity index (χ4n) is 5.33. The SMILES string of the molecule is CN=C(NC1CC1c1ccccc1C)N1CC(CCN2CCCC2=O)c2ccccc21. The molecule has 2 aromatic rings. The summed E-state index contributed by atoms with van der Waals surface area (Å²) in [6.45, 7) is 4.90. The quantitative estimate of drug-likeness (QED) is 0.591. The monoisotopic (exact) mass is 416 g/mol. The van der Waals surface area contributed by atoms with Crippen LogP contribution < -0.4 is 10.2 Å². The highest BCUT2D eigenvalue weighted by atomic mass is 16.2. The first-order valence-corrected chi connectivity index (χ1v) is 11.6. The molecule has 2 aromatic carbocycles. The van der Waals surface area contributed by atoms with Gasteiger partial charge in [0.25, 0.3) is 0 Å². The topological polar surface area (TPSA) is 47.9 Å². The van der Waals surface area contributed by atoms with Gasteiger partial charge < -0.3 is 15.1 Å². The molecule has 5 nitrogen and oxygen atoms in total. The van der Waals surface area contributed by atoms with E-state index in [2.05, 4.69) is 70.7 Å². The molecule has 1 saturated carbocycles. The predicted molar refractivity (Wildman–Crippen MR) is 126 cm³/mol. The molecule has 3 aliphatic rings. The van der Waals surface area contributed by atoms with Gasteiger partial charge in [-0.25, -0.2) is 0 Å². The summed E-state index contributed by atoms with van der Waals surface area (Å²) in [5.41, 5.74) is 5.45. The van der Waals surface area contributed by atoms with E-state index in [4.69, 9.17) is 0 Å². The van der Waals surface area contributed by atoms with Crippen LogP contribution in [-0.4, -0.2) is 49.5 Å². The smallest absolute Gasteiger partial charge is 0.222 e. The number of aliphatic imine (C=N–C) groups is 1. The maximum atomic E-state index is 12.0. The van der Waals surface area contributed by atoms with Crippen molar-refractivity contribution in [1.82, 2.24) is 10.2 Å². The van der Waals surface area contributed by atoms with Crippen LogP contribution in [0.5, 0.6) is 0 Å². The first-order chi connectivity index (χ1) is 15.2. The summed E-state index contributed by atoms with van der Waals surface area (Å²) < 4.78 is 0. The van der Waals surface area contributed by atoms with Crippen molar-refractivity contribution >= 4 is 17.6 Å². The molecule has 0 bridgehead atoms. The number of nitrogens with zero attached hydrogens (tertiary/aromatic N) is 3. The van der Waals surface area contributed by atoms with Crippen molar-refractivity contribution in [2.45, 2.75) is 50.5 Å². The van der Waals surface area contributed by atoms with E-state index in [1.54, 1.807) is 0 Å². The van der Waals surface area contributed by atoms with E-state index in [1.807, 2.05) is 11.9 Å². The first-order valence-electron chi connectivity index (χ1n) is 11.6. The molecule has 31 heavy (non-hydrogen) atoms. The highest BCUT2D eigenvalue weighted by Crippen LogP contribution is 2.43.